The molecule has 1 fully saturated rings. The Bertz CT molecular complexity index is 948. The number of hydrogen-bond donors (Lipinski definition) is 2. The summed E-state index contributed by atoms with van der Waals surface area (Å²) in [4.78, 5) is 21.5. The minimum Gasteiger partial charge on any atom is -0.366 e. The Balaban J connectivity index is 1.40. The number of pyridine rings is 1. The topological polar surface area (TPSA) is 84.2 Å². The molecule has 1 saturated carbocycles. The number of hydrogen-bond acceptors (Lipinski definition) is 5. The lowest BCUT2D eigenvalue weighted by atomic mass is 9.81. The first-order chi connectivity index (χ1) is 14.2. The molecule has 3 heterocycles. The van der Waals surface area contributed by atoms with Crippen molar-refractivity contribution >= 4 is 17.4 Å². The Labute approximate surface area is 171 Å². The molecule has 3 aromatic rings. The summed E-state index contributed by atoms with van der Waals surface area (Å²) in [6, 6.07) is 5.76. The highest BCUT2D eigenvalue weighted by atomic mass is 16.1. The van der Waals surface area contributed by atoms with Crippen LogP contribution in [0.25, 0.3) is 5.65 Å². The normalized spacial score (nSPS) is 15.9. The standard InChI is InChI=1S/C22H28N6O/c1-16(18-7-3-2-4-8-18)12-25-22(29)19-15-26-28-11-9-20(27-21(19)28)24-14-17-6-5-10-23-13-17/h5-6,9-11,13,15-16,18H,2-4,7-8,12,14H2,1H3,(H,24,27)(H,25,29). The molecule has 0 spiro atoms. The fourth-order valence-electron chi connectivity index (χ4n) is 4.04. The first-order valence-corrected chi connectivity index (χ1v) is 10.5. The van der Waals surface area contributed by atoms with Crippen LogP contribution in [0.15, 0.2) is 43.0 Å². The quantitative estimate of drug-likeness (QED) is 0.641. The smallest absolute Gasteiger partial charge is 0.256 e. The van der Waals surface area contributed by atoms with Gasteiger partial charge in [-0.15, -0.1) is 0 Å². The van der Waals surface area contributed by atoms with Gasteiger partial charge in [0.25, 0.3) is 5.91 Å². The minimum atomic E-state index is -0.112. The highest BCUT2D eigenvalue weighted by molar-refractivity contribution is 5.99. The van der Waals surface area contributed by atoms with Crippen molar-refractivity contribution in [1.29, 1.82) is 0 Å². The first-order valence-electron chi connectivity index (χ1n) is 10.5. The van der Waals surface area contributed by atoms with E-state index in [2.05, 4.69) is 32.6 Å². The van der Waals surface area contributed by atoms with E-state index in [1.54, 1.807) is 16.9 Å². The molecule has 0 aliphatic heterocycles. The van der Waals surface area contributed by atoms with Gasteiger partial charge in [0, 0.05) is 31.7 Å². The maximum absolute atomic E-state index is 12.8. The fraction of sp³-hybridized carbons (Fsp3) is 0.455. The van der Waals surface area contributed by atoms with E-state index in [4.69, 9.17) is 0 Å². The van der Waals surface area contributed by atoms with Gasteiger partial charge in [-0.3, -0.25) is 9.78 Å². The molecule has 0 radical (unpaired) electrons. The van der Waals surface area contributed by atoms with Crippen molar-refractivity contribution in [3.8, 4) is 0 Å². The third kappa shape index (κ3) is 4.72. The molecule has 7 nitrogen and oxygen atoms in total. The fourth-order valence-corrected chi connectivity index (χ4v) is 4.04. The number of carbonyl (C=O) groups is 1. The summed E-state index contributed by atoms with van der Waals surface area (Å²) in [6.45, 7) is 3.55. The van der Waals surface area contributed by atoms with Crippen LogP contribution >= 0.6 is 0 Å². The zero-order valence-electron chi connectivity index (χ0n) is 16.8. The Kier molecular flexibility index (Phi) is 6.03. The van der Waals surface area contributed by atoms with Gasteiger partial charge in [-0.05, 0) is 29.5 Å². The van der Waals surface area contributed by atoms with E-state index >= 15 is 0 Å². The lowest BCUT2D eigenvalue weighted by Crippen LogP contribution is -2.32. The minimum absolute atomic E-state index is 0.112. The van der Waals surface area contributed by atoms with Gasteiger partial charge >= 0.3 is 0 Å². The van der Waals surface area contributed by atoms with Crippen LogP contribution in [0, 0.1) is 11.8 Å². The van der Waals surface area contributed by atoms with E-state index < -0.39 is 0 Å². The van der Waals surface area contributed by atoms with Crippen molar-refractivity contribution in [1.82, 2.24) is 24.9 Å². The summed E-state index contributed by atoms with van der Waals surface area (Å²) in [5.74, 6) is 1.80. The average molecular weight is 393 g/mol. The van der Waals surface area contributed by atoms with Gasteiger partial charge < -0.3 is 10.6 Å². The van der Waals surface area contributed by atoms with Crippen molar-refractivity contribution in [2.24, 2.45) is 11.8 Å². The number of nitrogens with one attached hydrogen (secondary N) is 2. The summed E-state index contributed by atoms with van der Waals surface area (Å²) >= 11 is 0. The lowest BCUT2D eigenvalue weighted by Gasteiger charge is -2.27. The first kappa shape index (κ1) is 19.4. The molecule has 0 bridgehead atoms. The van der Waals surface area contributed by atoms with Crippen LogP contribution in [0.1, 0.15) is 54.9 Å². The van der Waals surface area contributed by atoms with Gasteiger partial charge in [-0.25, -0.2) is 9.50 Å². The van der Waals surface area contributed by atoms with Gasteiger partial charge in [0.2, 0.25) is 0 Å². The second kappa shape index (κ2) is 9.03. The molecule has 1 atom stereocenters. The molecule has 29 heavy (non-hydrogen) atoms. The van der Waals surface area contributed by atoms with Crippen molar-refractivity contribution < 1.29 is 4.79 Å². The number of aromatic nitrogens is 4. The summed E-state index contributed by atoms with van der Waals surface area (Å²) in [7, 11) is 0. The van der Waals surface area contributed by atoms with E-state index in [1.165, 1.54) is 32.1 Å². The second-order valence-electron chi connectivity index (χ2n) is 7.94. The molecule has 0 saturated heterocycles. The molecular formula is C22H28N6O. The van der Waals surface area contributed by atoms with Gasteiger partial charge in [0.15, 0.2) is 5.65 Å². The lowest BCUT2D eigenvalue weighted by molar-refractivity contribution is 0.0941. The number of anilines is 1. The maximum Gasteiger partial charge on any atom is 0.256 e. The van der Waals surface area contributed by atoms with Crippen LogP contribution < -0.4 is 10.6 Å². The van der Waals surface area contributed by atoms with E-state index in [9.17, 15) is 4.79 Å². The largest absolute Gasteiger partial charge is 0.366 e. The molecular weight excluding hydrogens is 364 g/mol. The number of fused-ring (bicyclic) bond motifs is 1. The Hall–Kier alpha value is -2.96. The number of nitrogens with zero attached hydrogens (tertiary/aromatic N) is 4. The molecule has 0 aromatic carbocycles. The number of rotatable bonds is 7. The Morgan fingerprint density at radius 3 is 2.90 bits per heavy atom. The Morgan fingerprint density at radius 1 is 1.24 bits per heavy atom. The third-order valence-electron chi connectivity index (χ3n) is 5.85. The maximum atomic E-state index is 12.8. The second-order valence-corrected chi connectivity index (χ2v) is 7.94. The predicted octanol–water partition coefficient (Wildman–Crippen LogP) is 3.68. The van der Waals surface area contributed by atoms with Crippen molar-refractivity contribution in [3.63, 3.8) is 0 Å². The van der Waals surface area contributed by atoms with Crippen molar-refractivity contribution in [2.45, 2.75) is 45.6 Å². The van der Waals surface area contributed by atoms with Gasteiger partial charge in [0.05, 0.1) is 6.20 Å². The molecule has 4 rings (SSSR count). The highest BCUT2D eigenvalue weighted by Gasteiger charge is 2.21. The molecule has 1 amide bonds. The van der Waals surface area contributed by atoms with E-state index in [1.807, 2.05) is 30.6 Å². The summed E-state index contributed by atoms with van der Waals surface area (Å²) in [5.41, 5.74) is 2.13. The summed E-state index contributed by atoms with van der Waals surface area (Å²) in [5, 5.41) is 10.6. The van der Waals surface area contributed by atoms with Crippen LogP contribution in [-0.2, 0) is 6.54 Å². The molecule has 3 aromatic heterocycles. The number of carbonyl (C=O) groups excluding carboxylic acids is 1. The van der Waals surface area contributed by atoms with Crippen molar-refractivity contribution in [3.05, 3.63) is 54.1 Å². The predicted molar refractivity (Wildman–Crippen MR) is 113 cm³/mol. The average Bonchev–Trinajstić information content (AvgIpc) is 3.20. The van der Waals surface area contributed by atoms with Crippen LogP contribution in [0.5, 0.6) is 0 Å². The van der Waals surface area contributed by atoms with E-state index in [-0.39, 0.29) is 5.91 Å². The van der Waals surface area contributed by atoms with Gasteiger partial charge in [-0.1, -0.05) is 45.1 Å². The zero-order chi connectivity index (χ0) is 20.1. The monoisotopic (exact) mass is 392 g/mol. The molecule has 2 N–H and O–H groups in total. The van der Waals surface area contributed by atoms with Crippen LogP contribution in [0.3, 0.4) is 0 Å². The molecule has 152 valence electrons. The van der Waals surface area contributed by atoms with Crippen LogP contribution in [0.4, 0.5) is 5.82 Å². The number of amides is 1. The van der Waals surface area contributed by atoms with E-state index in [0.29, 0.717) is 36.0 Å². The third-order valence-corrected chi connectivity index (χ3v) is 5.85. The SMILES string of the molecule is CC(CNC(=O)c1cnn2ccc(NCc3cccnc3)nc12)C1CCCCC1. The Morgan fingerprint density at radius 2 is 2.10 bits per heavy atom. The van der Waals surface area contributed by atoms with Crippen molar-refractivity contribution in [2.75, 3.05) is 11.9 Å². The molecule has 1 aliphatic rings. The summed E-state index contributed by atoms with van der Waals surface area (Å²) in [6.07, 6.45) is 13.5. The zero-order valence-corrected chi connectivity index (χ0v) is 16.8. The molecule has 1 unspecified atom stereocenters. The van der Waals surface area contributed by atoms with E-state index in [0.717, 1.165) is 11.5 Å². The van der Waals surface area contributed by atoms with Crippen LogP contribution in [0.2, 0.25) is 0 Å². The van der Waals surface area contributed by atoms with Gasteiger partial charge in [0.1, 0.15) is 11.4 Å². The van der Waals surface area contributed by atoms with Crippen LogP contribution in [-0.4, -0.2) is 32.0 Å². The molecule has 1 aliphatic carbocycles. The van der Waals surface area contributed by atoms with Gasteiger partial charge in [-0.2, -0.15) is 5.10 Å². The molecule has 7 heteroatoms. The summed E-state index contributed by atoms with van der Waals surface area (Å²) < 4.78 is 1.63. The highest BCUT2D eigenvalue weighted by Crippen LogP contribution is 2.29.